The number of hydrogen-bond acceptors (Lipinski definition) is 6. The Balaban J connectivity index is 1.96. The quantitative estimate of drug-likeness (QED) is 0.522. The Labute approximate surface area is 176 Å². The van der Waals surface area contributed by atoms with E-state index in [0.29, 0.717) is 5.56 Å². The summed E-state index contributed by atoms with van der Waals surface area (Å²) < 4.78 is 67.7. The average molecular weight is 462 g/mol. The molecule has 0 unspecified atom stereocenters. The molecular formula is C19H21F3N2O6S. The van der Waals surface area contributed by atoms with Crippen LogP contribution in [0, 0.1) is 0 Å². The molecule has 2 aliphatic rings. The maximum atomic E-state index is 13.2. The van der Waals surface area contributed by atoms with E-state index in [0.717, 1.165) is 4.90 Å². The van der Waals surface area contributed by atoms with Gasteiger partial charge in [-0.05, 0) is 25.8 Å². The van der Waals surface area contributed by atoms with Crippen molar-refractivity contribution in [3.05, 3.63) is 35.9 Å². The van der Waals surface area contributed by atoms with E-state index in [9.17, 15) is 36.0 Å². The van der Waals surface area contributed by atoms with E-state index >= 15 is 0 Å². The van der Waals surface area contributed by atoms with Crippen molar-refractivity contribution >= 4 is 27.6 Å². The van der Waals surface area contributed by atoms with Gasteiger partial charge in [-0.1, -0.05) is 37.3 Å². The number of carbonyl (C=O) groups excluding carboxylic acids is 3. The molecule has 0 spiro atoms. The number of alkyl halides is 3. The number of halogens is 3. The van der Waals surface area contributed by atoms with Crippen LogP contribution in [0.15, 0.2) is 30.3 Å². The molecule has 1 aromatic carbocycles. The SMILES string of the molecule is CC[C@@]1(C(=O)OCc2ccccc2)N2C(=O)[C@H](NC(=O)C(F)(F)F)[C@H]2S(=O)(=O)C1(C)C. The molecule has 8 nitrogen and oxygen atoms in total. The first-order valence-electron chi connectivity index (χ1n) is 9.39. The Hall–Kier alpha value is -2.63. The fraction of sp³-hybridized carbons (Fsp3) is 0.526. The van der Waals surface area contributed by atoms with Crippen molar-refractivity contribution in [2.75, 3.05) is 0 Å². The molecule has 12 heteroatoms. The number of sulfone groups is 1. The van der Waals surface area contributed by atoms with E-state index in [4.69, 9.17) is 4.74 Å². The zero-order valence-electron chi connectivity index (χ0n) is 16.9. The Morgan fingerprint density at radius 2 is 1.77 bits per heavy atom. The van der Waals surface area contributed by atoms with Gasteiger partial charge in [0.05, 0.1) is 0 Å². The molecule has 3 rings (SSSR count). The van der Waals surface area contributed by atoms with Crippen LogP contribution in [0.4, 0.5) is 13.2 Å². The second-order valence-electron chi connectivity index (χ2n) is 7.88. The van der Waals surface area contributed by atoms with Gasteiger partial charge in [-0.2, -0.15) is 13.2 Å². The standard InChI is InChI=1S/C19H21F3N2O6S/c1-4-18(16(27)30-10-11-8-6-5-7-9-11)17(2,3)31(28,29)14-12(13(25)24(14)18)23-15(26)19(20,21)22/h5-9,12,14H,4,10H2,1-3H3,(H,23,26)/t12-,14+,18-/m0/s1. The number of carbonyl (C=O) groups is 3. The van der Waals surface area contributed by atoms with Crippen molar-refractivity contribution in [1.29, 1.82) is 0 Å². The van der Waals surface area contributed by atoms with Crippen molar-refractivity contribution in [1.82, 2.24) is 10.2 Å². The summed E-state index contributed by atoms with van der Waals surface area (Å²) >= 11 is 0. The van der Waals surface area contributed by atoms with Gasteiger partial charge in [-0.3, -0.25) is 9.59 Å². The van der Waals surface area contributed by atoms with Crippen LogP contribution in [0.2, 0.25) is 0 Å². The Morgan fingerprint density at radius 3 is 2.29 bits per heavy atom. The summed E-state index contributed by atoms with van der Waals surface area (Å²) in [6.45, 7) is 3.75. The molecule has 0 radical (unpaired) electrons. The molecule has 2 aliphatic heterocycles. The minimum absolute atomic E-state index is 0.158. The van der Waals surface area contributed by atoms with Crippen molar-refractivity contribution in [3.63, 3.8) is 0 Å². The lowest BCUT2D eigenvalue weighted by atomic mass is 9.78. The van der Waals surface area contributed by atoms with Gasteiger partial charge in [0.1, 0.15) is 17.4 Å². The summed E-state index contributed by atoms with van der Waals surface area (Å²) in [6, 6.07) is 6.61. The predicted molar refractivity (Wildman–Crippen MR) is 101 cm³/mol. The van der Waals surface area contributed by atoms with Gasteiger partial charge in [-0.25, -0.2) is 13.2 Å². The zero-order valence-corrected chi connectivity index (χ0v) is 17.7. The van der Waals surface area contributed by atoms with Gasteiger partial charge in [0.15, 0.2) is 20.8 Å². The fourth-order valence-electron chi connectivity index (χ4n) is 4.30. The van der Waals surface area contributed by atoms with Crippen LogP contribution in [-0.4, -0.2) is 59.0 Å². The number of amides is 2. The average Bonchev–Trinajstić information content (AvgIpc) is 2.82. The highest BCUT2D eigenvalue weighted by atomic mass is 32.2. The Bertz CT molecular complexity index is 1020. The van der Waals surface area contributed by atoms with Crippen molar-refractivity contribution in [3.8, 4) is 0 Å². The first kappa shape index (κ1) is 23.0. The Kier molecular flexibility index (Phi) is 5.36. The monoisotopic (exact) mass is 462 g/mol. The van der Waals surface area contributed by atoms with E-state index in [1.54, 1.807) is 30.3 Å². The van der Waals surface area contributed by atoms with Crippen molar-refractivity contribution < 1.29 is 40.7 Å². The maximum Gasteiger partial charge on any atom is 0.471 e. The van der Waals surface area contributed by atoms with Gasteiger partial charge in [0.25, 0.3) is 5.91 Å². The molecule has 2 fully saturated rings. The molecule has 1 aromatic rings. The third-order valence-corrected chi connectivity index (χ3v) is 8.96. The number of β-lactam (4-membered cyclic amide) rings is 1. The third-order valence-electron chi connectivity index (χ3n) is 6.09. The zero-order chi connectivity index (χ0) is 23.4. The molecule has 2 heterocycles. The number of esters is 1. The normalized spacial score (nSPS) is 28.5. The summed E-state index contributed by atoms with van der Waals surface area (Å²) in [7, 11) is -4.36. The molecule has 0 aromatic heterocycles. The molecule has 0 bridgehead atoms. The smallest absolute Gasteiger partial charge is 0.459 e. The molecule has 2 amide bonds. The Morgan fingerprint density at radius 1 is 1.19 bits per heavy atom. The van der Waals surface area contributed by atoms with Crippen molar-refractivity contribution in [2.24, 2.45) is 0 Å². The van der Waals surface area contributed by atoms with Gasteiger partial charge >= 0.3 is 18.1 Å². The first-order valence-corrected chi connectivity index (χ1v) is 10.9. The van der Waals surface area contributed by atoms with Crippen LogP contribution in [0.25, 0.3) is 0 Å². The number of rotatable bonds is 5. The second kappa shape index (κ2) is 7.21. The minimum Gasteiger partial charge on any atom is -0.459 e. The van der Waals surface area contributed by atoms with E-state index in [2.05, 4.69) is 0 Å². The van der Waals surface area contributed by atoms with Gasteiger partial charge in [0, 0.05) is 0 Å². The highest BCUT2D eigenvalue weighted by Gasteiger charge is 2.79. The number of nitrogens with zero attached hydrogens (tertiary/aromatic N) is 1. The first-order chi connectivity index (χ1) is 14.2. The van der Waals surface area contributed by atoms with E-state index in [1.165, 1.54) is 26.1 Å². The molecule has 3 atom stereocenters. The molecular weight excluding hydrogens is 441 g/mol. The predicted octanol–water partition coefficient (Wildman–Crippen LogP) is 1.30. The van der Waals surface area contributed by atoms with Gasteiger partial charge in [-0.15, -0.1) is 0 Å². The number of nitrogens with one attached hydrogen (secondary N) is 1. The highest BCUT2D eigenvalue weighted by molar-refractivity contribution is 7.94. The lowest BCUT2D eigenvalue weighted by Gasteiger charge is -2.49. The number of hydrogen-bond donors (Lipinski definition) is 1. The van der Waals surface area contributed by atoms with Crippen LogP contribution in [-0.2, 0) is 35.6 Å². The largest absolute Gasteiger partial charge is 0.471 e. The minimum atomic E-state index is -5.30. The van der Waals surface area contributed by atoms with Gasteiger partial charge < -0.3 is 15.0 Å². The molecule has 31 heavy (non-hydrogen) atoms. The lowest BCUT2D eigenvalue weighted by molar-refractivity contribution is -0.183. The van der Waals surface area contributed by atoms with Crippen LogP contribution in [0.1, 0.15) is 32.8 Å². The molecule has 170 valence electrons. The molecule has 0 aliphatic carbocycles. The summed E-state index contributed by atoms with van der Waals surface area (Å²) in [5, 5.41) is -0.357. The second-order valence-corrected chi connectivity index (χ2v) is 10.5. The van der Waals surface area contributed by atoms with E-state index in [1.807, 2.05) is 0 Å². The summed E-state index contributed by atoms with van der Waals surface area (Å²) in [5.41, 5.74) is -1.33. The number of benzene rings is 1. The fourth-order valence-corrected chi connectivity index (χ4v) is 6.80. The maximum absolute atomic E-state index is 13.2. The molecule has 0 saturated carbocycles. The summed E-state index contributed by atoms with van der Waals surface area (Å²) in [4.78, 5) is 37.9. The van der Waals surface area contributed by atoms with E-state index < -0.39 is 55.5 Å². The lowest BCUT2D eigenvalue weighted by Crippen LogP contribution is -2.76. The van der Waals surface area contributed by atoms with Crippen LogP contribution >= 0.6 is 0 Å². The molecule has 2 saturated heterocycles. The summed E-state index contributed by atoms with van der Waals surface area (Å²) in [6.07, 6.45) is -5.45. The van der Waals surface area contributed by atoms with E-state index in [-0.39, 0.29) is 13.0 Å². The number of fused-ring (bicyclic) bond motifs is 1. The van der Waals surface area contributed by atoms with Crippen LogP contribution in [0.5, 0.6) is 0 Å². The van der Waals surface area contributed by atoms with Crippen molar-refractivity contribution in [2.45, 2.75) is 61.7 Å². The third kappa shape index (κ3) is 3.10. The molecule has 1 N–H and O–H groups in total. The number of ether oxygens (including phenoxy) is 1. The summed E-state index contributed by atoms with van der Waals surface area (Å²) in [5.74, 6) is -4.50. The van der Waals surface area contributed by atoms with Crippen LogP contribution < -0.4 is 5.32 Å². The van der Waals surface area contributed by atoms with Gasteiger partial charge in [0.2, 0.25) is 0 Å². The highest BCUT2D eigenvalue weighted by Crippen LogP contribution is 2.54. The van der Waals surface area contributed by atoms with Crippen LogP contribution in [0.3, 0.4) is 0 Å². The topological polar surface area (TPSA) is 110 Å².